The Balaban J connectivity index is 1.74. The van der Waals surface area contributed by atoms with E-state index in [1.807, 2.05) is 0 Å². The third-order valence-corrected chi connectivity index (χ3v) is 3.48. The molecule has 0 saturated carbocycles. The van der Waals surface area contributed by atoms with Crippen LogP contribution < -0.4 is 16.0 Å². The van der Waals surface area contributed by atoms with E-state index in [0.717, 1.165) is 0 Å². The molecule has 2 aromatic carbocycles. The summed E-state index contributed by atoms with van der Waals surface area (Å²) in [4.78, 5) is 34.6. The van der Waals surface area contributed by atoms with Crippen LogP contribution in [0.1, 0.15) is 18.9 Å². The van der Waals surface area contributed by atoms with E-state index in [0.29, 0.717) is 23.4 Å². The fraction of sp³-hybridized carbons (Fsp3) is 0.211. The van der Waals surface area contributed by atoms with Crippen molar-refractivity contribution in [3.8, 4) is 0 Å². The Labute approximate surface area is 150 Å². The predicted molar refractivity (Wildman–Crippen MR) is 97.1 cm³/mol. The quantitative estimate of drug-likeness (QED) is 0.665. The first-order valence-corrected chi connectivity index (χ1v) is 8.11. The lowest BCUT2D eigenvalue weighted by Crippen LogP contribution is -2.29. The number of anilines is 2. The van der Waals surface area contributed by atoms with E-state index in [2.05, 4.69) is 16.0 Å². The number of nitrogens with one attached hydrogen (secondary N) is 3. The van der Waals surface area contributed by atoms with Crippen LogP contribution >= 0.6 is 0 Å². The molecule has 0 bridgehead atoms. The molecule has 7 heteroatoms. The minimum absolute atomic E-state index is 0.186. The van der Waals surface area contributed by atoms with Crippen LogP contribution in [0.5, 0.6) is 0 Å². The minimum atomic E-state index is -0.458. The van der Waals surface area contributed by atoms with Gasteiger partial charge in [0, 0.05) is 24.8 Å². The second-order valence-corrected chi connectivity index (χ2v) is 5.67. The van der Waals surface area contributed by atoms with Crippen molar-refractivity contribution >= 4 is 29.1 Å². The molecule has 0 aliphatic carbocycles. The summed E-state index contributed by atoms with van der Waals surface area (Å²) >= 11 is 0. The van der Waals surface area contributed by atoms with Crippen LogP contribution in [-0.4, -0.2) is 24.3 Å². The molecule has 0 spiro atoms. The molecule has 3 amide bonds. The first kappa shape index (κ1) is 19.1. The highest BCUT2D eigenvalue weighted by atomic mass is 19.1. The largest absolute Gasteiger partial charge is 0.355 e. The van der Waals surface area contributed by atoms with Gasteiger partial charge in [-0.2, -0.15) is 0 Å². The van der Waals surface area contributed by atoms with Gasteiger partial charge in [0.05, 0.1) is 0 Å². The van der Waals surface area contributed by atoms with Gasteiger partial charge in [0.15, 0.2) is 0 Å². The molecule has 2 rings (SSSR count). The Morgan fingerprint density at radius 1 is 0.885 bits per heavy atom. The molecular weight excluding hydrogens is 337 g/mol. The fourth-order valence-corrected chi connectivity index (χ4v) is 2.29. The molecule has 26 heavy (non-hydrogen) atoms. The lowest BCUT2D eigenvalue weighted by molar-refractivity contribution is -0.126. The van der Waals surface area contributed by atoms with Crippen LogP contribution in [0, 0.1) is 5.82 Å². The number of carbonyl (C=O) groups is 3. The van der Waals surface area contributed by atoms with Crippen molar-refractivity contribution in [2.45, 2.75) is 19.8 Å². The minimum Gasteiger partial charge on any atom is -0.355 e. The van der Waals surface area contributed by atoms with Gasteiger partial charge in [-0.15, -0.1) is 0 Å². The van der Waals surface area contributed by atoms with Gasteiger partial charge in [-0.3, -0.25) is 14.4 Å². The van der Waals surface area contributed by atoms with Crippen molar-refractivity contribution in [2.24, 2.45) is 0 Å². The van der Waals surface area contributed by atoms with E-state index in [1.54, 1.807) is 42.5 Å². The number of hydrogen-bond donors (Lipinski definition) is 3. The smallest absolute Gasteiger partial charge is 0.233 e. The maximum atomic E-state index is 13.5. The van der Waals surface area contributed by atoms with Crippen molar-refractivity contribution < 1.29 is 18.8 Å². The molecule has 2 aromatic rings. The molecule has 0 aromatic heterocycles. The maximum Gasteiger partial charge on any atom is 0.233 e. The topological polar surface area (TPSA) is 87.3 Å². The number of hydrogen-bond acceptors (Lipinski definition) is 3. The first-order valence-electron chi connectivity index (χ1n) is 8.11. The molecule has 0 aliphatic rings. The normalized spacial score (nSPS) is 10.1. The van der Waals surface area contributed by atoms with Gasteiger partial charge in [-0.05, 0) is 42.3 Å². The summed E-state index contributed by atoms with van der Waals surface area (Å²) < 4.78 is 13.5. The average Bonchev–Trinajstić information content (AvgIpc) is 2.58. The van der Waals surface area contributed by atoms with Crippen molar-refractivity contribution in [3.05, 3.63) is 59.9 Å². The number of benzene rings is 2. The summed E-state index contributed by atoms with van der Waals surface area (Å²) in [7, 11) is 0. The van der Waals surface area contributed by atoms with Gasteiger partial charge in [0.25, 0.3) is 0 Å². The molecule has 0 unspecified atom stereocenters. The van der Waals surface area contributed by atoms with Crippen LogP contribution in [0.3, 0.4) is 0 Å². The number of carbonyl (C=O) groups excluding carboxylic acids is 3. The molecule has 6 nitrogen and oxygen atoms in total. The van der Waals surface area contributed by atoms with E-state index in [1.165, 1.54) is 13.0 Å². The van der Waals surface area contributed by atoms with Crippen LogP contribution in [0.15, 0.2) is 48.5 Å². The second-order valence-electron chi connectivity index (χ2n) is 5.67. The molecule has 0 fully saturated rings. The first-order chi connectivity index (χ1) is 12.4. The van der Waals surface area contributed by atoms with Gasteiger partial charge in [-0.1, -0.05) is 18.2 Å². The molecule has 0 heterocycles. The second kappa shape index (κ2) is 9.31. The summed E-state index contributed by atoms with van der Waals surface area (Å²) in [5.41, 5.74) is 1.64. The Bertz CT molecular complexity index is 791. The molecule has 0 aliphatic heterocycles. The zero-order valence-electron chi connectivity index (χ0n) is 14.3. The summed E-state index contributed by atoms with van der Waals surface area (Å²) in [6.45, 7) is 1.65. The van der Waals surface area contributed by atoms with Crippen molar-refractivity contribution in [1.29, 1.82) is 0 Å². The standard InChI is InChI=1S/C19H20FN3O3/c1-13(24)22-15-6-8-16(9-7-15)23-19(26)12-18(25)21-11-10-14-4-2-3-5-17(14)20/h2-9H,10-12H2,1H3,(H,21,25)(H,22,24)(H,23,26). The Morgan fingerprint density at radius 2 is 1.50 bits per heavy atom. The van der Waals surface area contributed by atoms with Crippen LogP contribution in [0.2, 0.25) is 0 Å². The highest BCUT2D eigenvalue weighted by molar-refractivity contribution is 6.03. The average molecular weight is 357 g/mol. The molecule has 136 valence electrons. The molecule has 0 radical (unpaired) electrons. The third-order valence-electron chi connectivity index (χ3n) is 3.48. The van der Waals surface area contributed by atoms with Crippen LogP contribution in [0.4, 0.5) is 15.8 Å². The van der Waals surface area contributed by atoms with Gasteiger partial charge in [0.1, 0.15) is 12.2 Å². The van der Waals surface area contributed by atoms with Crippen molar-refractivity contribution in [3.63, 3.8) is 0 Å². The monoisotopic (exact) mass is 357 g/mol. The van der Waals surface area contributed by atoms with Crippen LogP contribution in [0.25, 0.3) is 0 Å². The predicted octanol–water partition coefficient (Wildman–Crippen LogP) is 2.47. The number of rotatable bonds is 7. The van der Waals surface area contributed by atoms with Gasteiger partial charge in [0.2, 0.25) is 17.7 Å². The summed E-state index contributed by atoms with van der Waals surface area (Å²) in [5.74, 6) is -1.40. The van der Waals surface area contributed by atoms with Crippen LogP contribution in [-0.2, 0) is 20.8 Å². The molecule has 3 N–H and O–H groups in total. The van der Waals surface area contributed by atoms with Crippen molar-refractivity contribution in [1.82, 2.24) is 5.32 Å². The number of amides is 3. The zero-order valence-corrected chi connectivity index (χ0v) is 14.3. The van der Waals surface area contributed by atoms with Gasteiger partial charge < -0.3 is 16.0 Å². The molecule has 0 atom stereocenters. The summed E-state index contributed by atoms with van der Waals surface area (Å²) in [5, 5.41) is 7.81. The van der Waals surface area contributed by atoms with E-state index >= 15 is 0 Å². The number of halogens is 1. The van der Waals surface area contributed by atoms with E-state index in [-0.39, 0.29) is 24.7 Å². The highest BCUT2D eigenvalue weighted by Crippen LogP contribution is 2.13. The lowest BCUT2D eigenvalue weighted by atomic mass is 10.1. The molecule has 0 saturated heterocycles. The highest BCUT2D eigenvalue weighted by Gasteiger charge is 2.10. The zero-order chi connectivity index (χ0) is 18.9. The SMILES string of the molecule is CC(=O)Nc1ccc(NC(=O)CC(=O)NCCc2ccccc2F)cc1. The summed E-state index contributed by atoms with van der Waals surface area (Å²) in [6, 6.07) is 12.9. The Hall–Kier alpha value is -3.22. The van der Waals surface area contributed by atoms with Crippen molar-refractivity contribution in [2.75, 3.05) is 17.2 Å². The lowest BCUT2D eigenvalue weighted by Gasteiger charge is -2.08. The van der Waals surface area contributed by atoms with Gasteiger partial charge >= 0.3 is 0 Å². The van der Waals surface area contributed by atoms with E-state index in [4.69, 9.17) is 0 Å². The van der Waals surface area contributed by atoms with E-state index < -0.39 is 11.8 Å². The molecular formula is C19H20FN3O3. The van der Waals surface area contributed by atoms with E-state index in [9.17, 15) is 18.8 Å². The Kier molecular flexibility index (Phi) is 6.84. The maximum absolute atomic E-state index is 13.5. The fourth-order valence-electron chi connectivity index (χ4n) is 2.29. The Morgan fingerprint density at radius 3 is 2.12 bits per heavy atom. The summed E-state index contributed by atoms with van der Waals surface area (Å²) in [6.07, 6.45) is 0.0232. The van der Waals surface area contributed by atoms with Gasteiger partial charge in [-0.25, -0.2) is 4.39 Å². The third kappa shape index (κ3) is 6.35.